The minimum Gasteiger partial charge on any atom is -0.489 e. The third kappa shape index (κ3) is 6.20. The number of benzene rings is 2. The Morgan fingerprint density at radius 3 is 2.50 bits per heavy atom. The zero-order valence-corrected chi connectivity index (χ0v) is 21.2. The van der Waals surface area contributed by atoms with Gasteiger partial charge in [-0.1, -0.05) is 35.9 Å². The molecule has 6 nitrogen and oxygen atoms in total. The van der Waals surface area contributed by atoms with Crippen molar-refractivity contribution in [1.82, 2.24) is 9.62 Å². The van der Waals surface area contributed by atoms with E-state index in [9.17, 15) is 26.4 Å². The second kappa shape index (κ2) is 10.8. The number of nitrogens with one attached hydrogen (secondary N) is 1. The molecule has 0 bridgehead atoms. The summed E-state index contributed by atoms with van der Waals surface area (Å²) in [7, 11) is -3.82. The number of alkyl halides is 3. The van der Waals surface area contributed by atoms with E-state index in [1.807, 2.05) is 0 Å². The normalized spacial score (nSPS) is 16.7. The molecular weight excluding hydrogens is 537 g/mol. The number of ether oxygens (including phenoxy) is 1. The fourth-order valence-corrected chi connectivity index (χ4v) is 7.15. The summed E-state index contributed by atoms with van der Waals surface area (Å²) >= 11 is 6.84. The lowest BCUT2D eigenvalue weighted by atomic mass is 10.1. The van der Waals surface area contributed by atoms with Crippen LogP contribution in [0.4, 0.5) is 13.2 Å². The van der Waals surface area contributed by atoms with E-state index in [0.29, 0.717) is 22.9 Å². The van der Waals surface area contributed by atoms with Crippen molar-refractivity contribution >= 4 is 38.9 Å². The molecule has 1 aromatic heterocycles. The van der Waals surface area contributed by atoms with E-state index in [0.717, 1.165) is 34.6 Å². The Morgan fingerprint density at radius 1 is 1.11 bits per heavy atom. The van der Waals surface area contributed by atoms with Crippen LogP contribution in [0.15, 0.2) is 64.9 Å². The van der Waals surface area contributed by atoms with E-state index in [1.54, 1.807) is 24.3 Å². The zero-order chi connectivity index (χ0) is 25.9. The van der Waals surface area contributed by atoms with Gasteiger partial charge in [-0.2, -0.15) is 17.5 Å². The molecule has 2 heterocycles. The van der Waals surface area contributed by atoms with Crippen LogP contribution in [0, 0.1) is 0 Å². The standard InChI is InChI=1S/C24H22ClF3N2O4S2/c25-21-10-11-22(35-21)36(32,33)30-12-2-5-20(30)23(31)29-14-16-3-1-4-17(13-16)15-34-19-8-6-18(7-9-19)24(26,27)28/h1,3-4,6-11,13,20H,2,5,12,14-15H2,(H,29,31)/t20-/m0/s1. The van der Waals surface area contributed by atoms with Crippen molar-refractivity contribution < 1.29 is 31.1 Å². The molecule has 1 aliphatic heterocycles. The molecule has 36 heavy (non-hydrogen) atoms. The number of nitrogens with zero attached hydrogens (tertiary/aromatic N) is 1. The number of halogens is 4. The van der Waals surface area contributed by atoms with Crippen LogP contribution in [0.25, 0.3) is 0 Å². The summed E-state index contributed by atoms with van der Waals surface area (Å²) in [4.78, 5) is 12.9. The molecule has 0 saturated carbocycles. The zero-order valence-electron chi connectivity index (χ0n) is 18.8. The molecule has 1 saturated heterocycles. The topological polar surface area (TPSA) is 75.7 Å². The van der Waals surface area contributed by atoms with Crippen LogP contribution >= 0.6 is 22.9 Å². The van der Waals surface area contributed by atoms with Crippen LogP contribution in [0.5, 0.6) is 5.75 Å². The molecule has 2 aromatic carbocycles. The molecule has 1 aliphatic rings. The number of carbonyl (C=O) groups excluding carboxylic acids is 1. The first-order chi connectivity index (χ1) is 17.0. The monoisotopic (exact) mass is 558 g/mol. The van der Waals surface area contributed by atoms with E-state index in [-0.39, 0.29) is 29.8 Å². The van der Waals surface area contributed by atoms with Gasteiger partial charge in [-0.05, 0) is 60.4 Å². The lowest BCUT2D eigenvalue weighted by molar-refractivity contribution is -0.137. The van der Waals surface area contributed by atoms with Crippen LogP contribution in [-0.2, 0) is 34.1 Å². The van der Waals surface area contributed by atoms with Gasteiger partial charge in [0, 0.05) is 13.1 Å². The summed E-state index contributed by atoms with van der Waals surface area (Å²) in [5.41, 5.74) is 0.788. The molecule has 4 rings (SSSR count). The number of rotatable bonds is 8. The Morgan fingerprint density at radius 2 is 1.83 bits per heavy atom. The fraction of sp³-hybridized carbons (Fsp3) is 0.292. The SMILES string of the molecule is O=C(NCc1cccc(COc2ccc(C(F)(F)F)cc2)c1)[C@@H]1CCCN1S(=O)(=O)c1ccc(Cl)s1. The van der Waals surface area contributed by atoms with Crippen LogP contribution < -0.4 is 10.1 Å². The number of hydrogen-bond acceptors (Lipinski definition) is 5. The molecule has 0 spiro atoms. The van der Waals surface area contributed by atoms with Gasteiger partial charge < -0.3 is 10.1 Å². The molecule has 1 atom stereocenters. The van der Waals surface area contributed by atoms with Gasteiger partial charge in [-0.25, -0.2) is 8.42 Å². The molecular formula is C24H22ClF3N2O4S2. The third-order valence-corrected chi connectivity index (χ3v) is 9.27. The van der Waals surface area contributed by atoms with Crippen molar-refractivity contribution in [3.8, 4) is 5.75 Å². The lowest BCUT2D eigenvalue weighted by Gasteiger charge is -2.22. The van der Waals surface area contributed by atoms with Crippen molar-refractivity contribution in [2.75, 3.05) is 6.54 Å². The minimum atomic E-state index is -4.41. The van der Waals surface area contributed by atoms with Gasteiger partial charge >= 0.3 is 6.18 Å². The first kappa shape index (κ1) is 26.5. The Labute approximate surface area is 215 Å². The van der Waals surface area contributed by atoms with Crippen molar-refractivity contribution in [3.63, 3.8) is 0 Å². The number of carbonyl (C=O) groups is 1. The predicted octanol–water partition coefficient (Wildman–Crippen LogP) is 5.47. The quantitative estimate of drug-likeness (QED) is 0.398. The third-order valence-electron chi connectivity index (χ3n) is 5.66. The number of thiophene rings is 1. The molecule has 3 aromatic rings. The molecule has 0 aliphatic carbocycles. The second-order valence-electron chi connectivity index (χ2n) is 8.18. The van der Waals surface area contributed by atoms with Crippen molar-refractivity contribution in [3.05, 3.63) is 81.7 Å². The number of sulfonamides is 1. The maximum Gasteiger partial charge on any atom is 0.416 e. The highest BCUT2D eigenvalue weighted by molar-refractivity contribution is 7.91. The lowest BCUT2D eigenvalue weighted by Crippen LogP contribution is -2.45. The molecule has 0 unspecified atom stereocenters. The Hall–Kier alpha value is -2.60. The first-order valence-corrected chi connectivity index (χ1v) is 13.6. The largest absolute Gasteiger partial charge is 0.489 e. The number of amides is 1. The first-order valence-electron chi connectivity index (χ1n) is 11.0. The molecule has 1 fully saturated rings. The van der Waals surface area contributed by atoms with Crippen LogP contribution in [0.1, 0.15) is 29.5 Å². The van der Waals surface area contributed by atoms with Gasteiger partial charge in [0.25, 0.3) is 10.0 Å². The van der Waals surface area contributed by atoms with Gasteiger partial charge in [0.05, 0.1) is 9.90 Å². The predicted molar refractivity (Wildman–Crippen MR) is 130 cm³/mol. The van der Waals surface area contributed by atoms with Gasteiger partial charge in [0.1, 0.15) is 22.6 Å². The summed E-state index contributed by atoms with van der Waals surface area (Å²) in [6.45, 7) is 0.569. The molecule has 12 heteroatoms. The van der Waals surface area contributed by atoms with Crippen LogP contribution in [-0.4, -0.2) is 31.2 Å². The van der Waals surface area contributed by atoms with Gasteiger partial charge in [-0.15, -0.1) is 11.3 Å². The Balaban J connectivity index is 1.34. The van der Waals surface area contributed by atoms with Crippen molar-refractivity contribution in [2.24, 2.45) is 0 Å². The van der Waals surface area contributed by atoms with E-state index in [4.69, 9.17) is 16.3 Å². The number of hydrogen-bond donors (Lipinski definition) is 1. The highest BCUT2D eigenvalue weighted by Gasteiger charge is 2.40. The summed E-state index contributed by atoms with van der Waals surface area (Å²) in [5.74, 6) is -0.0820. The maximum absolute atomic E-state index is 13.0. The Bertz CT molecular complexity index is 1330. The molecule has 1 amide bonds. The average Bonchev–Trinajstić information content (AvgIpc) is 3.51. The van der Waals surface area contributed by atoms with Gasteiger partial charge in [-0.3, -0.25) is 4.79 Å². The average molecular weight is 559 g/mol. The summed E-state index contributed by atoms with van der Waals surface area (Å²) in [6, 6.07) is 13.8. The Kier molecular flexibility index (Phi) is 7.93. The van der Waals surface area contributed by atoms with E-state index >= 15 is 0 Å². The minimum absolute atomic E-state index is 0.105. The molecule has 192 valence electrons. The van der Waals surface area contributed by atoms with Crippen molar-refractivity contribution in [1.29, 1.82) is 0 Å². The fourth-order valence-electron chi connectivity index (χ4n) is 3.88. The molecule has 1 N–H and O–H groups in total. The second-order valence-corrected chi connectivity index (χ2v) is 12.0. The highest BCUT2D eigenvalue weighted by atomic mass is 35.5. The smallest absolute Gasteiger partial charge is 0.416 e. The van der Waals surface area contributed by atoms with E-state index in [1.165, 1.54) is 28.6 Å². The molecule has 0 radical (unpaired) electrons. The van der Waals surface area contributed by atoms with E-state index in [2.05, 4.69) is 5.32 Å². The summed E-state index contributed by atoms with van der Waals surface area (Å²) in [5, 5.41) is 2.81. The summed E-state index contributed by atoms with van der Waals surface area (Å²) in [6.07, 6.45) is -3.41. The maximum atomic E-state index is 13.0. The van der Waals surface area contributed by atoms with Crippen molar-refractivity contribution in [2.45, 2.75) is 42.4 Å². The summed E-state index contributed by atoms with van der Waals surface area (Å²) < 4.78 is 71.3. The van der Waals surface area contributed by atoms with Crippen LogP contribution in [0.2, 0.25) is 4.34 Å². The van der Waals surface area contributed by atoms with Gasteiger partial charge in [0.2, 0.25) is 5.91 Å². The highest BCUT2D eigenvalue weighted by Crippen LogP contribution is 2.32. The van der Waals surface area contributed by atoms with Gasteiger partial charge in [0.15, 0.2) is 0 Å². The van der Waals surface area contributed by atoms with Crippen LogP contribution in [0.3, 0.4) is 0 Å². The van der Waals surface area contributed by atoms with E-state index < -0.39 is 27.8 Å².